The lowest BCUT2D eigenvalue weighted by molar-refractivity contribution is 0.343. The summed E-state index contributed by atoms with van der Waals surface area (Å²) in [6.45, 7) is 7.01. The SMILES string of the molecule is CCN1CCC(CN=C2NC3(CCCC3)CS2)C1. The van der Waals surface area contributed by atoms with Crippen molar-refractivity contribution in [2.24, 2.45) is 10.9 Å². The minimum Gasteiger partial charge on any atom is -0.359 e. The van der Waals surface area contributed by atoms with Gasteiger partial charge in [-0.1, -0.05) is 31.5 Å². The van der Waals surface area contributed by atoms with E-state index in [4.69, 9.17) is 4.99 Å². The number of hydrogen-bond acceptors (Lipinski definition) is 3. The summed E-state index contributed by atoms with van der Waals surface area (Å²) in [6.07, 6.45) is 6.84. The molecule has 3 rings (SSSR count). The van der Waals surface area contributed by atoms with Crippen molar-refractivity contribution < 1.29 is 0 Å². The number of nitrogens with zero attached hydrogens (tertiary/aromatic N) is 2. The molecule has 2 aliphatic heterocycles. The molecule has 2 heterocycles. The van der Waals surface area contributed by atoms with Crippen molar-refractivity contribution in [2.75, 3.05) is 31.9 Å². The van der Waals surface area contributed by atoms with E-state index in [1.807, 2.05) is 11.8 Å². The fraction of sp³-hybridized carbons (Fsp3) is 0.929. The number of hydrogen-bond donors (Lipinski definition) is 1. The molecule has 1 N–H and O–H groups in total. The largest absolute Gasteiger partial charge is 0.359 e. The van der Waals surface area contributed by atoms with Gasteiger partial charge in [-0.2, -0.15) is 0 Å². The maximum atomic E-state index is 4.83. The van der Waals surface area contributed by atoms with E-state index in [-0.39, 0.29) is 0 Å². The Bertz CT molecular complexity index is 323. The first-order chi connectivity index (χ1) is 8.80. The number of amidine groups is 1. The molecule has 0 aromatic heterocycles. The molecule has 18 heavy (non-hydrogen) atoms. The Morgan fingerprint density at radius 3 is 3.00 bits per heavy atom. The first kappa shape index (κ1) is 12.8. The second-order valence-corrected chi connectivity index (χ2v) is 7.06. The van der Waals surface area contributed by atoms with Crippen molar-refractivity contribution >= 4 is 16.9 Å². The standard InChI is InChI=1S/C14H25N3S/c1-2-17-8-5-12(10-17)9-15-13-16-14(11-18-13)6-3-4-7-14/h12H,2-11H2,1H3,(H,15,16). The molecule has 0 radical (unpaired) electrons. The van der Waals surface area contributed by atoms with Gasteiger partial charge in [0.25, 0.3) is 0 Å². The highest BCUT2D eigenvalue weighted by Gasteiger charge is 2.39. The van der Waals surface area contributed by atoms with Gasteiger partial charge in [0.1, 0.15) is 0 Å². The third-order valence-electron chi connectivity index (χ3n) is 4.73. The normalized spacial score (nSPS) is 33.6. The molecule has 2 saturated heterocycles. The highest BCUT2D eigenvalue weighted by molar-refractivity contribution is 8.14. The summed E-state index contributed by atoms with van der Waals surface area (Å²) in [5, 5.41) is 4.94. The van der Waals surface area contributed by atoms with Crippen LogP contribution in [0.4, 0.5) is 0 Å². The first-order valence-corrected chi connectivity index (χ1v) is 8.46. The molecule has 1 saturated carbocycles. The van der Waals surface area contributed by atoms with E-state index < -0.39 is 0 Å². The van der Waals surface area contributed by atoms with Crippen molar-refractivity contribution in [2.45, 2.75) is 44.6 Å². The van der Waals surface area contributed by atoms with E-state index in [1.54, 1.807) is 0 Å². The summed E-state index contributed by atoms with van der Waals surface area (Å²) in [7, 11) is 0. The maximum Gasteiger partial charge on any atom is 0.157 e. The quantitative estimate of drug-likeness (QED) is 0.850. The van der Waals surface area contributed by atoms with Gasteiger partial charge >= 0.3 is 0 Å². The second-order valence-electron chi connectivity index (χ2n) is 6.09. The van der Waals surface area contributed by atoms with Crippen molar-refractivity contribution in [3.8, 4) is 0 Å². The predicted octanol–water partition coefficient (Wildman–Crippen LogP) is 2.33. The molecular formula is C14H25N3S. The molecule has 1 spiro atoms. The molecule has 4 heteroatoms. The number of thioether (sulfide) groups is 1. The van der Waals surface area contributed by atoms with Crippen molar-refractivity contribution in [1.29, 1.82) is 0 Å². The lowest BCUT2D eigenvalue weighted by Gasteiger charge is -2.21. The van der Waals surface area contributed by atoms with E-state index in [2.05, 4.69) is 17.1 Å². The average molecular weight is 267 g/mol. The van der Waals surface area contributed by atoms with Gasteiger partial charge in [-0.05, 0) is 38.3 Å². The molecular weight excluding hydrogens is 242 g/mol. The Kier molecular flexibility index (Phi) is 3.85. The van der Waals surface area contributed by atoms with Gasteiger partial charge in [0.05, 0.1) is 0 Å². The maximum absolute atomic E-state index is 4.83. The van der Waals surface area contributed by atoms with Gasteiger partial charge < -0.3 is 10.2 Å². The van der Waals surface area contributed by atoms with Crippen LogP contribution in [0.3, 0.4) is 0 Å². The third-order valence-corrected chi connectivity index (χ3v) is 5.93. The van der Waals surface area contributed by atoms with Crippen molar-refractivity contribution in [1.82, 2.24) is 10.2 Å². The number of rotatable bonds is 3. The highest BCUT2D eigenvalue weighted by atomic mass is 32.2. The van der Waals surface area contributed by atoms with Gasteiger partial charge in [-0.3, -0.25) is 4.99 Å². The topological polar surface area (TPSA) is 27.6 Å². The van der Waals surface area contributed by atoms with E-state index in [0.717, 1.165) is 12.5 Å². The van der Waals surface area contributed by atoms with Gasteiger partial charge in [0.15, 0.2) is 5.17 Å². The molecule has 1 aliphatic carbocycles. The summed E-state index contributed by atoms with van der Waals surface area (Å²) in [4.78, 5) is 7.37. The smallest absolute Gasteiger partial charge is 0.157 e. The Balaban J connectivity index is 1.49. The van der Waals surface area contributed by atoms with E-state index in [1.165, 1.54) is 62.7 Å². The van der Waals surface area contributed by atoms with Gasteiger partial charge in [-0.25, -0.2) is 0 Å². The summed E-state index contributed by atoms with van der Waals surface area (Å²) >= 11 is 1.95. The van der Waals surface area contributed by atoms with Crippen LogP contribution in [-0.4, -0.2) is 47.5 Å². The van der Waals surface area contributed by atoms with Gasteiger partial charge in [0, 0.05) is 24.4 Å². The predicted molar refractivity (Wildman–Crippen MR) is 79.3 cm³/mol. The first-order valence-electron chi connectivity index (χ1n) is 7.47. The molecule has 3 fully saturated rings. The molecule has 3 nitrogen and oxygen atoms in total. The van der Waals surface area contributed by atoms with Crippen LogP contribution in [0.25, 0.3) is 0 Å². The number of aliphatic imine (C=N–C) groups is 1. The second kappa shape index (κ2) is 5.41. The van der Waals surface area contributed by atoms with Crippen LogP contribution in [0.2, 0.25) is 0 Å². The molecule has 0 aromatic carbocycles. The van der Waals surface area contributed by atoms with Crippen LogP contribution in [0.15, 0.2) is 4.99 Å². The minimum absolute atomic E-state index is 0.425. The Morgan fingerprint density at radius 2 is 2.28 bits per heavy atom. The Labute approximate surface area is 115 Å². The zero-order valence-electron chi connectivity index (χ0n) is 11.5. The minimum atomic E-state index is 0.425. The molecule has 0 aromatic rings. The van der Waals surface area contributed by atoms with E-state index in [9.17, 15) is 0 Å². The van der Waals surface area contributed by atoms with Crippen LogP contribution in [0.1, 0.15) is 39.0 Å². The Hall–Kier alpha value is -0.220. The number of likely N-dealkylation sites (tertiary alicyclic amines) is 1. The third kappa shape index (κ3) is 2.69. The lowest BCUT2D eigenvalue weighted by Crippen LogP contribution is -2.40. The Morgan fingerprint density at radius 1 is 1.44 bits per heavy atom. The van der Waals surface area contributed by atoms with Crippen molar-refractivity contribution in [3.05, 3.63) is 0 Å². The number of nitrogens with one attached hydrogen (secondary N) is 1. The van der Waals surface area contributed by atoms with E-state index >= 15 is 0 Å². The van der Waals surface area contributed by atoms with Crippen LogP contribution in [0.5, 0.6) is 0 Å². The monoisotopic (exact) mass is 267 g/mol. The fourth-order valence-corrected chi connectivity index (χ4v) is 4.70. The fourth-order valence-electron chi connectivity index (χ4n) is 3.47. The summed E-state index contributed by atoms with van der Waals surface area (Å²) in [6, 6.07) is 0. The van der Waals surface area contributed by atoms with Crippen LogP contribution < -0.4 is 5.32 Å². The van der Waals surface area contributed by atoms with E-state index in [0.29, 0.717) is 5.54 Å². The zero-order valence-corrected chi connectivity index (χ0v) is 12.3. The van der Waals surface area contributed by atoms with Gasteiger partial charge in [0.2, 0.25) is 0 Å². The summed E-state index contributed by atoms with van der Waals surface area (Å²) in [5.74, 6) is 2.04. The molecule has 102 valence electrons. The van der Waals surface area contributed by atoms with Crippen molar-refractivity contribution in [3.63, 3.8) is 0 Å². The summed E-state index contributed by atoms with van der Waals surface area (Å²) < 4.78 is 0. The van der Waals surface area contributed by atoms with Crippen LogP contribution >= 0.6 is 11.8 Å². The molecule has 0 amide bonds. The van der Waals surface area contributed by atoms with Crippen LogP contribution in [-0.2, 0) is 0 Å². The average Bonchev–Trinajstić information content (AvgIpc) is 3.10. The zero-order chi connectivity index (χ0) is 12.4. The van der Waals surface area contributed by atoms with Gasteiger partial charge in [-0.15, -0.1) is 0 Å². The molecule has 1 unspecified atom stereocenters. The summed E-state index contributed by atoms with van der Waals surface area (Å²) in [5.41, 5.74) is 0.425. The highest BCUT2D eigenvalue weighted by Crippen LogP contribution is 2.37. The lowest BCUT2D eigenvalue weighted by atomic mass is 10.0. The molecule has 3 aliphatic rings. The molecule has 0 bridgehead atoms. The van der Waals surface area contributed by atoms with Crippen LogP contribution in [0, 0.1) is 5.92 Å². The molecule has 1 atom stereocenters.